The largest absolute Gasteiger partial charge is 0.496 e. The third-order valence-corrected chi connectivity index (χ3v) is 3.39. The van der Waals surface area contributed by atoms with E-state index < -0.39 is 0 Å². The molecule has 0 saturated carbocycles. The standard InChI is InChI=1S/C17H22N2O2/c1-5-19-17(13-9-12(2)10-18-11-13)16-14(20-3)7-6-8-15(16)21-4/h6-11,17,19H,5H2,1-4H3. The minimum atomic E-state index is -0.0199. The van der Waals surface area contributed by atoms with Crippen molar-refractivity contribution >= 4 is 0 Å². The maximum absolute atomic E-state index is 5.53. The second-order valence-corrected chi connectivity index (χ2v) is 4.86. The summed E-state index contributed by atoms with van der Waals surface area (Å²) >= 11 is 0. The molecule has 1 heterocycles. The predicted molar refractivity (Wildman–Crippen MR) is 84.0 cm³/mol. The smallest absolute Gasteiger partial charge is 0.127 e. The molecule has 0 fully saturated rings. The molecular weight excluding hydrogens is 264 g/mol. The molecule has 1 aromatic heterocycles. The Labute approximate surface area is 126 Å². The minimum absolute atomic E-state index is 0.0199. The normalized spacial score (nSPS) is 12.0. The molecule has 0 saturated heterocycles. The van der Waals surface area contributed by atoms with Crippen LogP contribution in [-0.4, -0.2) is 25.7 Å². The van der Waals surface area contributed by atoms with Crippen LogP contribution in [0, 0.1) is 6.92 Å². The SMILES string of the molecule is CCNC(c1cncc(C)c1)c1c(OC)cccc1OC. The lowest BCUT2D eigenvalue weighted by molar-refractivity contribution is 0.377. The van der Waals surface area contributed by atoms with Crippen LogP contribution in [0.1, 0.15) is 29.7 Å². The number of rotatable bonds is 6. The monoisotopic (exact) mass is 286 g/mol. The summed E-state index contributed by atoms with van der Waals surface area (Å²) in [4.78, 5) is 4.30. The number of methoxy groups -OCH3 is 2. The van der Waals surface area contributed by atoms with Gasteiger partial charge in [0.2, 0.25) is 0 Å². The molecule has 0 spiro atoms. The topological polar surface area (TPSA) is 43.4 Å². The molecule has 1 unspecified atom stereocenters. The Morgan fingerprint density at radius 3 is 2.33 bits per heavy atom. The average molecular weight is 286 g/mol. The van der Waals surface area contributed by atoms with Gasteiger partial charge < -0.3 is 14.8 Å². The van der Waals surface area contributed by atoms with Crippen LogP contribution in [0.3, 0.4) is 0 Å². The van der Waals surface area contributed by atoms with Crippen LogP contribution in [-0.2, 0) is 0 Å². The van der Waals surface area contributed by atoms with Crippen molar-refractivity contribution in [2.45, 2.75) is 19.9 Å². The molecule has 0 aliphatic rings. The Morgan fingerprint density at radius 2 is 1.81 bits per heavy atom. The molecule has 0 amide bonds. The molecular formula is C17H22N2O2. The van der Waals surface area contributed by atoms with Crippen molar-refractivity contribution in [1.82, 2.24) is 10.3 Å². The molecule has 1 aromatic carbocycles. The van der Waals surface area contributed by atoms with Crippen molar-refractivity contribution in [2.75, 3.05) is 20.8 Å². The molecule has 0 aliphatic heterocycles. The predicted octanol–water partition coefficient (Wildman–Crippen LogP) is 3.11. The van der Waals surface area contributed by atoms with Gasteiger partial charge in [-0.25, -0.2) is 0 Å². The summed E-state index contributed by atoms with van der Waals surface area (Å²) in [5.41, 5.74) is 3.22. The number of aromatic nitrogens is 1. The van der Waals surface area contributed by atoms with Crippen molar-refractivity contribution in [3.63, 3.8) is 0 Å². The quantitative estimate of drug-likeness (QED) is 0.886. The highest BCUT2D eigenvalue weighted by Crippen LogP contribution is 2.37. The lowest BCUT2D eigenvalue weighted by atomic mass is 9.97. The van der Waals surface area contributed by atoms with E-state index in [9.17, 15) is 0 Å². The molecule has 4 heteroatoms. The van der Waals surface area contributed by atoms with Gasteiger partial charge in [-0.15, -0.1) is 0 Å². The Balaban J connectivity index is 2.57. The number of ether oxygens (including phenoxy) is 2. The van der Waals surface area contributed by atoms with E-state index in [2.05, 4.69) is 23.3 Å². The molecule has 0 bridgehead atoms. The van der Waals surface area contributed by atoms with E-state index in [1.165, 1.54) is 0 Å². The third kappa shape index (κ3) is 3.34. The number of pyridine rings is 1. The molecule has 0 radical (unpaired) electrons. The highest BCUT2D eigenvalue weighted by atomic mass is 16.5. The van der Waals surface area contributed by atoms with Crippen LogP contribution in [0.4, 0.5) is 0 Å². The zero-order valence-electron chi connectivity index (χ0n) is 13.0. The zero-order chi connectivity index (χ0) is 15.2. The maximum atomic E-state index is 5.53. The van der Waals surface area contributed by atoms with Gasteiger partial charge in [0.15, 0.2) is 0 Å². The van der Waals surface area contributed by atoms with Gasteiger partial charge in [-0.2, -0.15) is 0 Å². The first-order chi connectivity index (χ1) is 10.2. The number of benzene rings is 1. The second kappa shape index (κ2) is 7.09. The highest BCUT2D eigenvalue weighted by Gasteiger charge is 2.22. The zero-order valence-corrected chi connectivity index (χ0v) is 13.0. The fourth-order valence-corrected chi connectivity index (χ4v) is 2.49. The molecule has 2 rings (SSSR count). The summed E-state index contributed by atoms with van der Waals surface area (Å²) in [6.07, 6.45) is 3.73. The first kappa shape index (κ1) is 15.3. The van der Waals surface area contributed by atoms with Crippen molar-refractivity contribution in [2.24, 2.45) is 0 Å². The van der Waals surface area contributed by atoms with E-state index in [0.717, 1.165) is 34.7 Å². The third-order valence-electron chi connectivity index (χ3n) is 3.39. The minimum Gasteiger partial charge on any atom is -0.496 e. The molecule has 1 atom stereocenters. The molecule has 2 aromatic rings. The van der Waals surface area contributed by atoms with Crippen LogP contribution >= 0.6 is 0 Å². The van der Waals surface area contributed by atoms with Crippen LogP contribution < -0.4 is 14.8 Å². The number of aryl methyl sites for hydroxylation is 1. The van der Waals surface area contributed by atoms with Gasteiger partial charge >= 0.3 is 0 Å². The van der Waals surface area contributed by atoms with Crippen LogP contribution in [0.15, 0.2) is 36.7 Å². The van der Waals surface area contributed by atoms with Crippen LogP contribution in [0.25, 0.3) is 0 Å². The Hall–Kier alpha value is -2.07. The van der Waals surface area contributed by atoms with E-state index >= 15 is 0 Å². The van der Waals surface area contributed by atoms with Gasteiger partial charge in [0.05, 0.1) is 25.8 Å². The summed E-state index contributed by atoms with van der Waals surface area (Å²) < 4.78 is 11.1. The molecule has 21 heavy (non-hydrogen) atoms. The Bertz CT molecular complexity index is 577. The van der Waals surface area contributed by atoms with Crippen LogP contribution in [0.2, 0.25) is 0 Å². The van der Waals surface area contributed by atoms with E-state index in [4.69, 9.17) is 9.47 Å². The van der Waals surface area contributed by atoms with Crippen molar-refractivity contribution in [3.05, 3.63) is 53.3 Å². The lowest BCUT2D eigenvalue weighted by Gasteiger charge is -2.23. The number of nitrogens with one attached hydrogen (secondary N) is 1. The van der Waals surface area contributed by atoms with Gasteiger partial charge in [0, 0.05) is 12.4 Å². The van der Waals surface area contributed by atoms with Gasteiger partial charge in [-0.1, -0.05) is 19.1 Å². The van der Waals surface area contributed by atoms with Gasteiger partial charge in [0.1, 0.15) is 11.5 Å². The molecule has 112 valence electrons. The number of hydrogen-bond acceptors (Lipinski definition) is 4. The molecule has 0 aliphatic carbocycles. The first-order valence-electron chi connectivity index (χ1n) is 7.07. The number of hydrogen-bond donors (Lipinski definition) is 1. The summed E-state index contributed by atoms with van der Waals surface area (Å²) in [5, 5.41) is 3.49. The molecule has 1 N–H and O–H groups in total. The van der Waals surface area contributed by atoms with Crippen LogP contribution in [0.5, 0.6) is 11.5 Å². The van der Waals surface area contributed by atoms with Gasteiger partial charge in [0.25, 0.3) is 0 Å². The molecule has 4 nitrogen and oxygen atoms in total. The summed E-state index contributed by atoms with van der Waals surface area (Å²) in [6.45, 7) is 4.96. The summed E-state index contributed by atoms with van der Waals surface area (Å²) in [7, 11) is 3.35. The summed E-state index contributed by atoms with van der Waals surface area (Å²) in [5.74, 6) is 1.61. The van der Waals surface area contributed by atoms with Crippen molar-refractivity contribution < 1.29 is 9.47 Å². The van der Waals surface area contributed by atoms with Crippen molar-refractivity contribution in [3.8, 4) is 11.5 Å². The number of nitrogens with zero attached hydrogens (tertiary/aromatic N) is 1. The van der Waals surface area contributed by atoms with Crippen molar-refractivity contribution in [1.29, 1.82) is 0 Å². The van der Waals surface area contributed by atoms with E-state index in [0.29, 0.717) is 0 Å². The second-order valence-electron chi connectivity index (χ2n) is 4.86. The maximum Gasteiger partial charge on any atom is 0.127 e. The first-order valence-corrected chi connectivity index (χ1v) is 7.07. The van der Waals surface area contributed by atoms with E-state index in [1.807, 2.05) is 37.5 Å². The van der Waals surface area contributed by atoms with E-state index in [-0.39, 0.29) is 6.04 Å². The fourth-order valence-electron chi connectivity index (χ4n) is 2.49. The van der Waals surface area contributed by atoms with Gasteiger partial charge in [-0.05, 0) is 36.7 Å². The highest BCUT2D eigenvalue weighted by molar-refractivity contribution is 5.50. The Morgan fingerprint density at radius 1 is 1.14 bits per heavy atom. The fraction of sp³-hybridized carbons (Fsp3) is 0.353. The Kier molecular flexibility index (Phi) is 5.17. The summed E-state index contributed by atoms with van der Waals surface area (Å²) in [6, 6.07) is 7.94. The average Bonchev–Trinajstić information content (AvgIpc) is 2.52. The lowest BCUT2D eigenvalue weighted by Crippen LogP contribution is -2.23. The van der Waals surface area contributed by atoms with E-state index in [1.54, 1.807) is 14.2 Å². The van der Waals surface area contributed by atoms with Gasteiger partial charge in [-0.3, -0.25) is 4.98 Å².